The molecule has 11 heteroatoms. The first kappa shape index (κ1) is 30.9. The second kappa shape index (κ2) is 10.3. The molecule has 11 nitrogen and oxygen atoms in total. The predicted octanol–water partition coefficient (Wildman–Crippen LogP) is 1.98. The van der Waals surface area contributed by atoms with Crippen molar-refractivity contribution in [3.05, 3.63) is 46.2 Å². The monoisotopic (exact) mass is 595 g/mol. The molecule has 1 aromatic rings. The molecule has 0 bridgehead atoms. The van der Waals surface area contributed by atoms with Gasteiger partial charge in [-0.15, -0.1) is 0 Å². The number of rotatable bonds is 7. The van der Waals surface area contributed by atoms with Gasteiger partial charge in [-0.3, -0.25) is 24.1 Å². The van der Waals surface area contributed by atoms with E-state index in [9.17, 15) is 39.6 Å². The van der Waals surface area contributed by atoms with E-state index in [0.29, 0.717) is 12.1 Å². The second-order valence-corrected chi connectivity index (χ2v) is 13.2. The van der Waals surface area contributed by atoms with E-state index in [-0.39, 0.29) is 35.5 Å². The van der Waals surface area contributed by atoms with E-state index < -0.39 is 68.9 Å². The molecule has 4 aliphatic rings. The maximum Gasteiger partial charge on any atom is 0.255 e. The van der Waals surface area contributed by atoms with E-state index in [0.717, 1.165) is 25.9 Å². The number of aromatic hydroxyl groups is 1. The van der Waals surface area contributed by atoms with Crippen molar-refractivity contribution in [2.24, 2.45) is 22.5 Å². The van der Waals surface area contributed by atoms with Gasteiger partial charge in [0, 0.05) is 35.8 Å². The number of likely N-dealkylation sites (tertiary alicyclic amines) is 1. The third kappa shape index (κ3) is 3.97. The third-order valence-corrected chi connectivity index (χ3v) is 11.0. The molecule has 0 aromatic heterocycles. The Morgan fingerprint density at radius 3 is 2.30 bits per heavy atom. The van der Waals surface area contributed by atoms with Gasteiger partial charge in [0.05, 0.1) is 11.6 Å². The quantitative estimate of drug-likeness (QED) is 0.292. The molecular weight excluding hydrogens is 554 g/mol. The summed E-state index contributed by atoms with van der Waals surface area (Å²) in [4.78, 5) is 58.6. The smallest absolute Gasteiger partial charge is 0.255 e. The van der Waals surface area contributed by atoms with Crippen LogP contribution >= 0.6 is 0 Å². The summed E-state index contributed by atoms with van der Waals surface area (Å²) in [5.41, 5.74) is -1.26. The lowest BCUT2D eigenvalue weighted by molar-refractivity contribution is -0.196. The Bertz CT molecular complexity index is 1490. The van der Waals surface area contributed by atoms with E-state index in [1.807, 2.05) is 6.92 Å². The number of aliphatic hydroxyl groups excluding tert-OH is 2. The van der Waals surface area contributed by atoms with Gasteiger partial charge in [0.15, 0.2) is 11.4 Å². The molecule has 6 atom stereocenters. The van der Waals surface area contributed by atoms with Gasteiger partial charge in [-0.05, 0) is 63.5 Å². The summed E-state index contributed by atoms with van der Waals surface area (Å²) < 4.78 is 0. The Labute approximate surface area is 250 Å². The first-order valence-corrected chi connectivity index (χ1v) is 14.8. The molecule has 1 saturated heterocycles. The fourth-order valence-corrected chi connectivity index (χ4v) is 8.73. The highest BCUT2D eigenvalue weighted by molar-refractivity contribution is 6.25. The van der Waals surface area contributed by atoms with Gasteiger partial charge in [-0.2, -0.15) is 0 Å². The van der Waals surface area contributed by atoms with E-state index in [2.05, 4.69) is 4.90 Å². The van der Waals surface area contributed by atoms with Crippen molar-refractivity contribution in [1.82, 2.24) is 9.80 Å². The largest absolute Gasteiger partial charge is 0.508 e. The molecule has 5 rings (SSSR count). The van der Waals surface area contributed by atoms with Crippen molar-refractivity contribution in [3.63, 3.8) is 0 Å². The number of hydrogen-bond acceptors (Lipinski definition) is 10. The van der Waals surface area contributed by atoms with Crippen molar-refractivity contribution < 1.29 is 39.6 Å². The molecule has 1 aliphatic heterocycles. The molecule has 1 aromatic carbocycles. The van der Waals surface area contributed by atoms with E-state index in [1.165, 1.54) is 17.9 Å². The van der Waals surface area contributed by atoms with Crippen LogP contribution in [0.4, 0.5) is 0 Å². The van der Waals surface area contributed by atoms with E-state index in [4.69, 9.17) is 5.73 Å². The van der Waals surface area contributed by atoms with Crippen molar-refractivity contribution in [2.45, 2.75) is 64.0 Å². The molecule has 43 heavy (non-hydrogen) atoms. The topological polar surface area (TPSA) is 182 Å². The van der Waals surface area contributed by atoms with Crippen LogP contribution in [0.15, 0.2) is 35.1 Å². The SMILES string of the molecule is C[C@H]1c2cccc(O)c2C(O)=C2C(=O)[C@]3(O)C(O)=C(C(N)=O)C(=O)[C@@H](N(C)C)[C@]3(C)[C@@H](CC(=O)CCN3CCCC3)[C@@]21C. The minimum absolute atomic E-state index is 0.0109. The highest BCUT2D eigenvalue weighted by Crippen LogP contribution is 2.69. The summed E-state index contributed by atoms with van der Waals surface area (Å²) in [5.74, 6) is -7.14. The van der Waals surface area contributed by atoms with Crippen molar-refractivity contribution in [1.29, 1.82) is 0 Å². The Morgan fingerprint density at radius 2 is 1.72 bits per heavy atom. The first-order valence-electron chi connectivity index (χ1n) is 14.8. The Balaban J connectivity index is 1.81. The number of Topliss-reactive ketones (excluding diaryl/α,β-unsaturated/α-hetero) is 3. The lowest BCUT2D eigenvalue weighted by Gasteiger charge is -2.65. The Kier molecular flexibility index (Phi) is 7.39. The highest BCUT2D eigenvalue weighted by Gasteiger charge is 2.77. The van der Waals surface area contributed by atoms with Crippen molar-refractivity contribution >= 4 is 29.0 Å². The number of fused-ring (bicyclic) bond motifs is 3. The van der Waals surface area contributed by atoms with Crippen LogP contribution in [0.1, 0.15) is 63.5 Å². The number of hydrogen-bond donors (Lipinski definition) is 5. The van der Waals surface area contributed by atoms with Gasteiger partial charge in [0.25, 0.3) is 5.91 Å². The van der Waals surface area contributed by atoms with Crippen LogP contribution in [0.3, 0.4) is 0 Å². The van der Waals surface area contributed by atoms with Gasteiger partial charge in [-0.25, -0.2) is 0 Å². The highest BCUT2D eigenvalue weighted by atomic mass is 16.3. The molecule has 2 fully saturated rings. The number of nitrogens with two attached hydrogens (primary N) is 1. The Morgan fingerprint density at radius 1 is 1.09 bits per heavy atom. The summed E-state index contributed by atoms with van der Waals surface area (Å²) in [6.07, 6.45) is 2.11. The van der Waals surface area contributed by atoms with Gasteiger partial charge < -0.3 is 31.1 Å². The average Bonchev–Trinajstić information content (AvgIpc) is 3.45. The first-order chi connectivity index (χ1) is 20.1. The predicted molar refractivity (Wildman–Crippen MR) is 157 cm³/mol. The van der Waals surface area contributed by atoms with Crippen LogP contribution in [-0.4, -0.2) is 98.9 Å². The zero-order valence-corrected chi connectivity index (χ0v) is 25.3. The standard InChI is InChI=1S/C32H41N3O8/c1-16-18-9-8-10-19(37)21(18)24(38)23-28(41)32(43)27(40)22(29(33)42)25(39)26(34(4)5)31(32,3)20(30(16,23)2)15-17(36)11-14-35-12-6-7-13-35/h8-10,16,20,26,37-38,40,43H,6-7,11-15H2,1-5H3,(H2,33,42)/t16-,20-,26+,30-,31-,32+/m0/s1. The summed E-state index contributed by atoms with van der Waals surface area (Å²) in [6.45, 7) is 7.35. The number of benzene rings is 1. The summed E-state index contributed by atoms with van der Waals surface area (Å²) in [6, 6.07) is 3.34. The number of phenolic OH excluding ortho intramolecular Hbond substituents is 1. The summed E-state index contributed by atoms with van der Waals surface area (Å²) in [7, 11) is 3.10. The minimum atomic E-state index is -2.91. The van der Waals surface area contributed by atoms with Crippen LogP contribution < -0.4 is 5.73 Å². The van der Waals surface area contributed by atoms with E-state index in [1.54, 1.807) is 33.2 Å². The van der Waals surface area contributed by atoms with Gasteiger partial charge >= 0.3 is 0 Å². The maximum absolute atomic E-state index is 14.7. The van der Waals surface area contributed by atoms with E-state index >= 15 is 0 Å². The lowest BCUT2D eigenvalue weighted by Crippen LogP contribution is -2.76. The van der Waals surface area contributed by atoms with Crippen LogP contribution in [-0.2, 0) is 19.2 Å². The number of amides is 1. The molecule has 0 spiro atoms. The van der Waals surface area contributed by atoms with Crippen LogP contribution in [0, 0.1) is 16.7 Å². The summed E-state index contributed by atoms with van der Waals surface area (Å²) >= 11 is 0. The normalized spacial score (nSPS) is 34.3. The van der Waals surface area contributed by atoms with Crippen molar-refractivity contribution in [2.75, 3.05) is 33.7 Å². The second-order valence-electron chi connectivity index (χ2n) is 13.2. The average molecular weight is 596 g/mol. The molecule has 1 heterocycles. The van der Waals surface area contributed by atoms with Crippen molar-refractivity contribution in [3.8, 4) is 5.75 Å². The Hall–Kier alpha value is -3.54. The van der Waals surface area contributed by atoms with Gasteiger partial charge in [-0.1, -0.05) is 32.9 Å². The molecular formula is C32H41N3O8. The fraction of sp³-hybridized carbons (Fsp3) is 0.562. The number of carbonyl (C=O) groups excluding carboxylic acids is 4. The van der Waals surface area contributed by atoms with Gasteiger partial charge in [0.1, 0.15) is 28.6 Å². The molecule has 6 N–H and O–H groups in total. The number of carbonyl (C=O) groups is 4. The van der Waals surface area contributed by atoms with Gasteiger partial charge in [0.2, 0.25) is 5.78 Å². The number of phenols is 1. The molecule has 0 unspecified atom stereocenters. The zero-order chi connectivity index (χ0) is 31.8. The molecule has 232 valence electrons. The third-order valence-electron chi connectivity index (χ3n) is 11.0. The lowest BCUT2D eigenvalue weighted by atomic mass is 9.39. The van der Waals surface area contributed by atoms with Crippen LogP contribution in [0.2, 0.25) is 0 Å². The number of primary amides is 1. The number of aliphatic hydroxyl groups is 3. The zero-order valence-electron chi connectivity index (χ0n) is 25.3. The maximum atomic E-state index is 14.7. The number of ketones is 3. The minimum Gasteiger partial charge on any atom is -0.508 e. The van der Waals surface area contributed by atoms with Crippen LogP contribution in [0.25, 0.3) is 5.76 Å². The molecule has 3 aliphatic carbocycles. The fourth-order valence-electron chi connectivity index (χ4n) is 8.73. The number of likely N-dealkylation sites (N-methyl/N-ethyl adjacent to an activating group) is 1. The molecule has 1 amide bonds. The molecule has 1 saturated carbocycles. The number of nitrogens with zero attached hydrogens (tertiary/aromatic N) is 2. The summed E-state index contributed by atoms with van der Waals surface area (Å²) in [5, 5.41) is 46.5. The van der Waals surface area contributed by atoms with Crippen LogP contribution in [0.5, 0.6) is 5.75 Å². The molecule has 0 radical (unpaired) electrons.